The lowest BCUT2D eigenvalue weighted by Gasteiger charge is -2.56. The van der Waals surface area contributed by atoms with Gasteiger partial charge in [-0.1, -0.05) is 42.5 Å². The number of nitrogens with one attached hydrogen (secondary N) is 1. The molecule has 5 aliphatic rings. The molecule has 47 heavy (non-hydrogen) atoms. The lowest BCUT2D eigenvalue weighted by atomic mass is 9.49. The van der Waals surface area contributed by atoms with Crippen LogP contribution in [0, 0.1) is 23.2 Å². The number of hydrogen-bond donors (Lipinski definition) is 1. The molecular weight excluding hydrogens is 586 g/mol. The Morgan fingerprint density at radius 1 is 0.830 bits per heavy atom. The van der Waals surface area contributed by atoms with Gasteiger partial charge in [0.05, 0.1) is 6.61 Å². The van der Waals surface area contributed by atoms with Gasteiger partial charge in [0.15, 0.2) is 11.5 Å². The van der Waals surface area contributed by atoms with E-state index in [-0.39, 0.29) is 11.8 Å². The van der Waals surface area contributed by atoms with Crippen LogP contribution in [0.3, 0.4) is 0 Å². The molecule has 3 aromatic carbocycles. The first kappa shape index (κ1) is 29.9. The minimum Gasteiger partial charge on any atom is -0.494 e. The second-order valence-electron chi connectivity index (χ2n) is 14.3. The minimum atomic E-state index is -0.129. The van der Waals surface area contributed by atoms with Crippen molar-refractivity contribution in [2.45, 2.75) is 45.4 Å². The Bertz CT molecular complexity index is 1760. The molecule has 2 amide bonds. The van der Waals surface area contributed by atoms with E-state index in [1.165, 1.54) is 38.5 Å². The third-order valence-electron chi connectivity index (χ3n) is 11.2. The molecule has 242 valence electrons. The quantitative estimate of drug-likeness (QED) is 0.236. The van der Waals surface area contributed by atoms with Gasteiger partial charge in [-0.2, -0.15) is 0 Å². The molecule has 4 saturated carbocycles. The standard InChI is InChI=1S/C39H43N5O3/c1-2-47-30-7-5-6-29(21-30)31-10-11-34(33-9-4-3-8-32(31)33)38(46)44-16-14-43(15-17-44)36-13-12-35(41-42-36)37(45)40-25-39-22-26-18-27(23-39)20-28(19-26)24-39/h3-13,21,26-28H,2,14-20,22-25H2,1H3,(H,40,45). The third kappa shape index (κ3) is 5.83. The fourth-order valence-electron chi connectivity index (χ4n) is 9.45. The highest BCUT2D eigenvalue weighted by molar-refractivity contribution is 6.11. The Balaban J connectivity index is 0.900. The van der Waals surface area contributed by atoms with Crippen LogP contribution in [-0.2, 0) is 0 Å². The SMILES string of the molecule is CCOc1cccc(-c2ccc(C(=O)N3CCN(c4ccc(C(=O)NCC56CC7CC(CC(C7)C5)C6)nn4)CC3)c3ccccc23)c1. The fraction of sp³-hybridized carbons (Fsp3) is 0.436. The molecule has 0 atom stereocenters. The summed E-state index contributed by atoms with van der Waals surface area (Å²) in [6.07, 6.45) is 8.00. The molecule has 4 aromatic rings. The van der Waals surface area contributed by atoms with Crippen molar-refractivity contribution in [2.24, 2.45) is 23.2 Å². The minimum absolute atomic E-state index is 0.0348. The van der Waals surface area contributed by atoms with Crippen LogP contribution in [-0.4, -0.2) is 66.2 Å². The van der Waals surface area contributed by atoms with Crippen LogP contribution in [0.5, 0.6) is 5.75 Å². The normalized spacial score (nSPS) is 24.8. The maximum Gasteiger partial charge on any atom is 0.271 e. The van der Waals surface area contributed by atoms with Crippen LogP contribution in [0.15, 0.2) is 72.8 Å². The number of fused-ring (bicyclic) bond motifs is 1. The van der Waals surface area contributed by atoms with E-state index < -0.39 is 0 Å². The third-order valence-corrected chi connectivity index (χ3v) is 11.2. The molecule has 1 saturated heterocycles. The molecule has 2 heterocycles. The van der Waals surface area contributed by atoms with Gasteiger partial charge in [0, 0.05) is 38.3 Å². The molecule has 8 heteroatoms. The van der Waals surface area contributed by atoms with Crippen molar-refractivity contribution in [3.63, 3.8) is 0 Å². The van der Waals surface area contributed by atoms with Gasteiger partial charge in [-0.3, -0.25) is 9.59 Å². The van der Waals surface area contributed by atoms with Gasteiger partial charge in [-0.05, 0) is 121 Å². The van der Waals surface area contributed by atoms with Gasteiger partial charge in [0.2, 0.25) is 0 Å². The summed E-state index contributed by atoms with van der Waals surface area (Å²) in [5.41, 5.74) is 3.51. The van der Waals surface area contributed by atoms with Crippen LogP contribution in [0.2, 0.25) is 0 Å². The van der Waals surface area contributed by atoms with Gasteiger partial charge >= 0.3 is 0 Å². The molecule has 1 aromatic heterocycles. The van der Waals surface area contributed by atoms with Crippen molar-refractivity contribution in [1.29, 1.82) is 0 Å². The number of anilines is 1. The largest absolute Gasteiger partial charge is 0.494 e. The number of nitrogens with zero attached hydrogens (tertiary/aromatic N) is 4. The van der Waals surface area contributed by atoms with E-state index in [1.54, 1.807) is 6.07 Å². The number of rotatable bonds is 8. The van der Waals surface area contributed by atoms with E-state index in [4.69, 9.17) is 4.74 Å². The molecule has 5 fully saturated rings. The van der Waals surface area contributed by atoms with Crippen LogP contribution in [0.25, 0.3) is 21.9 Å². The van der Waals surface area contributed by atoms with Gasteiger partial charge in [0.1, 0.15) is 5.75 Å². The summed E-state index contributed by atoms with van der Waals surface area (Å²) in [4.78, 5) is 30.9. The van der Waals surface area contributed by atoms with Crippen LogP contribution in [0.1, 0.15) is 66.3 Å². The molecule has 8 nitrogen and oxygen atoms in total. The number of hydrogen-bond acceptors (Lipinski definition) is 6. The molecule has 4 aliphatic carbocycles. The summed E-state index contributed by atoms with van der Waals surface area (Å²) in [5.74, 6) is 4.07. The van der Waals surface area contributed by atoms with Crippen LogP contribution in [0.4, 0.5) is 5.82 Å². The van der Waals surface area contributed by atoms with Crippen LogP contribution < -0.4 is 15.0 Å². The summed E-state index contributed by atoms with van der Waals surface area (Å²) in [6.45, 7) is 5.82. The van der Waals surface area contributed by atoms with Crippen molar-refractivity contribution in [3.05, 3.63) is 84.1 Å². The van der Waals surface area contributed by atoms with Crippen molar-refractivity contribution in [2.75, 3.05) is 44.2 Å². The molecular formula is C39H43N5O3. The van der Waals surface area contributed by atoms with Crippen molar-refractivity contribution < 1.29 is 14.3 Å². The van der Waals surface area contributed by atoms with E-state index in [1.807, 2.05) is 60.4 Å². The predicted octanol–water partition coefficient (Wildman–Crippen LogP) is 6.60. The first-order valence-electron chi connectivity index (χ1n) is 17.4. The number of aromatic nitrogens is 2. The zero-order valence-electron chi connectivity index (χ0n) is 27.2. The molecule has 1 N–H and O–H groups in total. The second kappa shape index (κ2) is 12.3. The summed E-state index contributed by atoms with van der Waals surface area (Å²) in [5, 5.41) is 13.9. The number of amides is 2. The van der Waals surface area contributed by atoms with Gasteiger partial charge in [0.25, 0.3) is 11.8 Å². The first-order chi connectivity index (χ1) is 23.0. The average molecular weight is 630 g/mol. The van der Waals surface area contributed by atoms with E-state index in [0.717, 1.165) is 57.8 Å². The monoisotopic (exact) mass is 629 g/mol. The Morgan fingerprint density at radius 2 is 1.55 bits per heavy atom. The van der Waals surface area contributed by atoms with Crippen molar-refractivity contribution >= 4 is 28.4 Å². The number of benzene rings is 3. The van der Waals surface area contributed by atoms with Gasteiger partial charge in [-0.15, -0.1) is 10.2 Å². The number of ether oxygens (including phenoxy) is 1. The Hall–Kier alpha value is -4.46. The zero-order valence-corrected chi connectivity index (χ0v) is 27.2. The predicted molar refractivity (Wildman–Crippen MR) is 184 cm³/mol. The topological polar surface area (TPSA) is 87.7 Å². The number of carbonyl (C=O) groups is 2. The van der Waals surface area contributed by atoms with E-state index in [2.05, 4.69) is 38.6 Å². The van der Waals surface area contributed by atoms with Crippen LogP contribution >= 0.6 is 0 Å². The summed E-state index contributed by atoms with van der Waals surface area (Å²) >= 11 is 0. The smallest absolute Gasteiger partial charge is 0.271 e. The van der Waals surface area contributed by atoms with Gasteiger partial charge in [-0.25, -0.2) is 0 Å². The lowest BCUT2D eigenvalue weighted by Crippen LogP contribution is -2.51. The molecule has 1 aliphatic heterocycles. The Morgan fingerprint density at radius 3 is 2.23 bits per heavy atom. The highest BCUT2D eigenvalue weighted by atomic mass is 16.5. The molecule has 4 bridgehead atoms. The molecule has 0 spiro atoms. The molecule has 9 rings (SSSR count). The summed E-state index contributed by atoms with van der Waals surface area (Å²) < 4.78 is 5.73. The second-order valence-corrected chi connectivity index (χ2v) is 14.3. The van der Waals surface area contributed by atoms with Crippen molar-refractivity contribution in [1.82, 2.24) is 20.4 Å². The first-order valence-corrected chi connectivity index (χ1v) is 17.4. The number of carbonyl (C=O) groups excluding carboxylic acids is 2. The van der Waals surface area contributed by atoms with Crippen molar-refractivity contribution in [3.8, 4) is 16.9 Å². The summed E-state index contributed by atoms with van der Waals surface area (Å²) in [6, 6.07) is 23.9. The highest BCUT2D eigenvalue weighted by Crippen LogP contribution is 2.59. The fourth-order valence-corrected chi connectivity index (χ4v) is 9.45. The van der Waals surface area contributed by atoms with Gasteiger partial charge < -0.3 is 19.9 Å². The molecule has 0 unspecified atom stereocenters. The van der Waals surface area contributed by atoms with E-state index >= 15 is 0 Å². The average Bonchev–Trinajstić information content (AvgIpc) is 3.10. The Kier molecular flexibility index (Phi) is 7.82. The van der Waals surface area contributed by atoms with E-state index in [9.17, 15) is 9.59 Å². The highest BCUT2D eigenvalue weighted by Gasteiger charge is 2.50. The van der Waals surface area contributed by atoms with E-state index in [0.29, 0.717) is 49.5 Å². The zero-order chi connectivity index (χ0) is 32.0. The maximum atomic E-state index is 13.8. The summed E-state index contributed by atoms with van der Waals surface area (Å²) in [7, 11) is 0. The molecule has 0 radical (unpaired) electrons. The number of piperazine rings is 1. The Labute approximate surface area is 276 Å². The maximum absolute atomic E-state index is 13.8. The lowest BCUT2D eigenvalue weighted by molar-refractivity contribution is -0.0503.